The number of aliphatic hydroxyl groups is 1. The van der Waals surface area contributed by atoms with Crippen LogP contribution in [0.25, 0.3) is 0 Å². The van der Waals surface area contributed by atoms with Crippen molar-refractivity contribution in [2.75, 3.05) is 7.11 Å². The molecule has 1 aromatic carbocycles. The Kier molecular flexibility index (Phi) is 10.1. The Morgan fingerprint density at radius 3 is 2.37 bits per heavy atom. The van der Waals surface area contributed by atoms with E-state index in [0.717, 1.165) is 6.07 Å². The fourth-order valence-corrected chi connectivity index (χ4v) is 3.45. The summed E-state index contributed by atoms with van der Waals surface area (Å²) in [4.78, 5) is 29.5. The van der Waals surface area contributed by atoms with Gasteiger partial charge in [-0.1, -0.05) is 25.4 Å². The van der Waals surface area contributed by atoms with E-state index in [1.807, 2.05) is 13.8 Å². The molecule has 2 N–H and O–H groups in total. The summed E-state index contributed by atoms with van der Waals surface area (Å²) in [5, 5.41) is 12.3. The van der Waals surface area contributed by atoms with Crippen molar-refractivity contribution < 1.29 is 38.0 Å². The van der Waals surface area contributed by atoms with Crippen LogP contribution in [0.1, 0.15) is 45.1 Å². The summed E-state index contributed by atoms with van der Waals surface area (Å²) in [6, 6.07) is 4.21. The molecule has 0 radical (unpaired) electrons. The summed E-state index contributed by atoms with van der Waals surface area (Å²) in [6.07, 6.45) is -1.26. The van der Waals surface area contributed by atoms with Gasteiger partial charge in [-0.2, -0.15) is 0 Å². The lowest BCUT2D eigenvalue weighted by atomic mass is 10.0. The average Bonchev–Trinajstić information content (AvgIpc) is 2.76. The van der Waals surface area contributed by atoms with Crippen LogP contribution in [0.2, 0.25) is 5.02 Å². The third-order valence-electron chi connectivity index (χ3n) is 4.82. The summed E-state index contributed by atoms with van der Waals surface area (Å²) >= 11 is 5.89. The number of amides is 1. The molecule has 11 heteroatoms. The predicted molar refractivity (Wildman–Crippen MR) is 126 cm³/mol. The standard InChI is InChI=1S/C24H30ClFN2O7/c1-12(2)21(35-18-10-16(25)9-17(26)11-18)14(4)33-24(31)13(3)28-23(30)20-22(34-15(5)29)19(32-6)7-8-27-20/h7-15,21,29H,1-6H3,(H,28,30)/t13-,14-,15?,21+/m0/s1. The third kappa shape index (κ3) is 7.97. The van der Waals surface area contributed by atoms with Crippen molar-refractivity contribution in [2.45, 2.75) is 59.2 Å². The third-order valence-corrected chi connectivity index (χ3v) is 5.04. The van der Waals surface area contributed by atoms with Crippen LogP contribution in [0.3, 0.4) is 0 Å². The van der Waals surface area contributed by atoms with Crippen LogP contribution in [0.5, 0.6) is 17.2 Å². The van der Waals surface area contributed by atoms with Crippen molar-refractivity contribution in [3.63, 3.8) is 0 Å². The number of carbonyl (C=O) groups is 2. The number of pyridine rings is 1. The number of carbonyl (C=O) groups excluding carboxylic acids is 2. The highest BCUT2D eigenvalue weighted by molar-refractivity contribution is 6.30. The Hall–Kier alpha value is -3.11. The van der Waals surface area contributed by atoms with E-state index in [2.05, 4.69) is 10.3 Å². The van der Waals surface area contributed by atoms with Gasteiger partial charge < -0.3 is 29.4 Å². The minimum atomic E-state index is -1.23. The van der Waals surface area contributed by atoms with Crippen LogP contribution in [-0.4, -0.2) is 53.6 Å². The summed E-state index contributed by atoms with van der Waals surface area (Å²) in [5.41, 5.74) is -0.177. The summed E-state index contributed by atoms with van der Waals surface area (Å²) in [7, 11) is 1.37. The van der Waals surface area contributed by atoms with E-state index in [-0.39, 0.29) is 33.9 Å². The van der Waals surface area contributed by atoms with Crippen LogP contribution in [0, 0.1) is 11.7 Å². The molecule has 192 valence electrons. The number of methoxy groups -OCH3 is 1. The Morgan fingerprint density at radius 1 is 1.11 bits per heavy atom. The molecular weight excluding hydrogens is 483 g/mol. The lowest BCUT2D eigenvalue weighted by Gasteiger charge is -2.29. The molecule has 0 fully saturated rings. The number of esters is 1. The predicted octanol–water partition coefficient (Wildman–Crippen LogP) is 3.75. The fraction of sp³-hybridized carbons (Fsp3) is 0.458. The van der Waals surface area contributed by atoms with Gasteiger partial charge in [-0.3, -0.25) is 4.79 Å². The van der Waals surface area contributed by atoms with Crippen LogP contribution in [0.4, 0.5) is 4.39 Å². The highest BCUT2D eigenvalue weighted by atomic mass is 35.5. The van der Waals surface area contributed by atoms with E-state index >= 15 is 0 Å². The minimum absolute atomic E-state index is 0.0709. The van der Waals surface area contributed by atoms with Gasteiger partial charge in [0.1, 0.15) is 29.8 Å². The molecular formula is C24H30ClFN2O7. The zero-order chi connectivity index (χ0) is 26.3. The number of hydrogen-bond acceptors (Lipinski definition) is 8. The first-order chi connectivity index (χ1) is 16.4. The molecule has 2 aromatic rings. The number of aliphatic hydroxyl groups excluding tert-OH is 1. The highest BCUT2D eigenvalue weighted by Gasteiger charge is 2.30. The quantitative estimate of drug-likeness (QED) is 0.345. The van der Waals surface area contributed by atoms with Crippen molar-refractivity contribution in [1.82, 2.24) is 10.3 Å². The number of benzene rings is 1. The van der Waals surface area contributed by atoms with Gasteiger partial charge in [0.15, 0.2) is 23.5 Å². The maximum Gasteiger partial charge on any atom is 0.328 e. The SMILES string of the molecule is COc1ccnc(C(=O)N[C@@H](C)C(=O)O[C@@H](C)[C@H](Oc2cc(F)cc(Cl)c2)C(C)C)c1OC(C)O. The van der Waals surface area contributed by atoms with Gasteiger partial charge in [-0.25, -0.2) is 14.2 Å². The van der Waals surface area contributed by atoms with Crippen LogP contribution >= 0.6 is 11.6 Å². The number of hydrogen-bond donors (Lipinski definition) is 2. The van der Waals surface area contributed by atoms with Crippen molar-refractivity contribution in [3.05, 3.63) is 47.0 Å². The van der Waals surface area contributed by atoms with Gasteiger partial charge in [0.05, 0.1) is 7.11 Å². The molecule has 2 rings (SSSR count). The maximum atomic E-state index is 13.7. The van der Waals surface area contributed by atoms with Crippen LogP contribution in [0.15, 0.2) is 30.5 Å². The molecule has 0 saturated heterocycles. The Bertz CT molecular complexity index is 1010. The highest BCUT2D eigenvalue weighted by Crippen LogP contribution is 2.30. The monoisotopic (exact) mass is 512 g/mol. The topological polar surface area (TPSA) is 116 Å². The lowest BCUT2D eigenvalue weighted by molar-refractivity contribution is -0.155. The van der Waals surface area contributed by atoms with E-state index in [4.69, 9.17) is 30.5 Å². The summed E-state index contributed by atoms with van der Waals surface area (Å²) in [6.45, 7) is 8.16. The second-order valence-corrected chi connectivity index (χ2v) is 8.61. The number of aromatic nitrogens is 1. The van der Waals surface area contributed by atoms with E-state index in [1.54, 1.807) is 6.92 Å². The smallest absolute Gasteiger partial charge is 0.328 e. The molecule has 35 heavy (non-hydrogen) atoms. The number of ether oxygens (including phenoxy) is 4. The first-order valence-electron chi connectivity index (χ1n) is 10.9. The Morgan fingerprint density at radius 2 is 1.80 bits per heavy atom. The van der Waals surface area contributed by atoms with Crippen molar-refractivity contribution in [1.29, 1.82) is 0 Å². The second-order valence-electron chi connectivity index (χ2n) is 8.18. The average molecular weight is 513 g/mol. The van der Waals surface area contributed by atoms with Gasteiger partial charge in [0.25, 0.3) is 5.91 Å². The minimum Gasteiger partial charge on any atom is -0.493 e. The summed E-state index contributed by atoms with van der Waals surface area (Å²) in [5.74, 6) is -1.80. The molecule has 4 atom stereocenters. The fourth-order valence-electron chi connectivity index (χ4n) is 3.24. The Balaban J connectivity index is 2.10. The molecule has 1 heterocycles. The number of halogens is 2. The zero-order valence-electron chi connectivity index (χ0n) is 20.4. The van der Waals surface area contributed by atoms with Crippen molar-refractivity contribution >= 4 is 23.5 Å². The van der Waals surface area contributed by atoms with E-state index < -0.39 is 42.2 Å². The molecule has 0 aliphatic rings. The maximum absolute atomic E-state index is 13.7. The van der Waals surface area contributed by atoms with E-state index in [9.17, 15) is 19.1 Å². The second kappa shape index (κ2) is 12.6. The molecule has 0 saturated carbocycles. The number of rotatable bonds is 11. The van der Waals surface area contributed by atoms with Gasteiger partial charge in [-0.05, 0) is 38.8 Å². The van der Waals surface area contributed by atoms with Gasteiger partial charge in [0.2, 0.25) is 0 Å². The van der Waals surface area contributed by atoms with Gasteiger partial charge >= 0.3 is 5.97 Å². The summed E-state index contributed by atoms with van der Waals surface area (Å²) < 4.78 is 35.5. The molecule has 0 aliphatic carbocycles. The zero-order valence-corrected chi connectivity index (χ0v) is 21.1. The number of nitrogens with one attached hydrogen (secondary N) is 1. The molecule has 1 aromatic heterocycles. The van der Waals surface area contributed by atoms with Crippen LogP contribution in [-0.2, 0) is 9.53 Å². The van der Waals surface area contributed by atoms with Crippen LogP contribution < -0.4 is 19.5 Å². The molecule has 9 nitrogen and oxygen atoms in total. The molecule has 1 unspecified atom stereocenters. The van der Waals surface area contributed by atoms with Gasteiger partial charge in [0, 0.05) is 23.4 Å². The van der Waals surface area contributed by atoms with E-state index in [0.29, 0.717) is 0 Å². The van der Waals surface area contributed by atoms with Gasteiger partial charge in [-0.15, -0.1) is 0 Å². The van der Waals surface area contributed by atoms with Crippen molar-refractivity contribution in [2.24, 2.45) is 5.92 Å². The number of nitrogens with zero attached hydrogens (tertiary/aromatic N) is 1. The normalized spacial score (nSPS) is 14.5. The molecule has 0 spiro atoms. The lowest BCUT2D eigenvalue weighted by Crippen LogP contribution is -2.44. The Labute approximate surface area is 208 Å². The largest absolute Gasteiger partial charge is 0.493 e. The first-order valence-corrected chi connectivity index (χ1v) is 11.3. The van der Waals surface area contributed by atoms with E-state index in [1.165, 1.54) is 45.4 Å². The molecule has 1 amide bonds. The first kappa shape index (κ1) is 28.1. The molecule has 0 aliphatic heterocycles. The van der Waals surface area contributed by atoms with Crippen molar-refractivity contribution in [3.8, 4) is 17.2 Å². The molecule has 0 bridgehead atoms.